The van der Waals surface area contributed by atoms with Crippen molar-refractivity contribution in [3.05, 3.63) is 46.8 Å². The standard InChI is InChI=1S/C21H27N5O2/c1-15-11-16(2)13-17(12-15)23-21(28)25-9-7-24(8-10-25)20(27)18-14-22-26-6-4-3-5-19(18)26/h11-14H,3-10H2,1-2H3,(H,23,28). The average Bonchev–Trinajstić information content (AvgIpc) is 3.11. The van der Waals surface area contributed by atoms with Crippen LogP contribution in [0.15, 0.2) is 24.4 Å². The molecule has 2 aliphatic rings. The highest BCUT2D eigenvalue weighted by atomic mass is 16.2. The summed E-state index contributed by atoms with van der Waals surface area (Å²) < 4.78 is 1.96. The first-order valence-corrected chi connectivity index (χ1v) is 9.99. The second kappa shape index (κ2) is 7.66. The van der Waals surface area contributed by atoms with Crippen LogP contribution in [0.2, 0.25) is 0 Å². The summed E-state index contributed by atoms with van der Waals surface area (Å²) in [4.78, 5) is 29.1. The lowest BCUT2D eigenvalue weighted by Gasteiger charge is -2.34. The van der Waals surface area contributed by atoms with Gasteiger partial charge < -0.3 is 15.1 Å². The van der Waals surface area contributed by atoms with E-state index in [9.17, 15) is 9.59 Å². The molecule has 1 N–H and O–H groups in total. The third-order valence-corrected chi connectivity index (χ3v) is 5.54. The first kappa shape index (κ1) is 18.5. The number of urea groups is 1. The van der Waals surface area contributed by atoms with Crippen molar-refractivity contribution < 1.29 is 9.59 Å². The van der Waals surface area contributed by atoms with Crippen LogP contribution in [0.3, 0.4) is 0 Å². The van der Waals surface area contributed by atoms with Crippen LogP contribution in [0.4, 0.5) is 10.5 Å². The first-order chi connectivity index (χ1) is 13.5. The Balaban J connectivity index is 1.36. The number of aromatic nitrogens is 2. The lowest BCUT2D eigenvalue weighted by Crippen LogP contribution is -2.51. The summed E-state index contributed by atoms with van der Waals surface area (Å²) in [6.07, 6.45) is 4.86. The molecule has 0 bridgehead atoms. The van der Waals surface area contributed by atoms with Gasteiger partial charge in [-0.05, 0) is 56.4 Å². The summed E-state index contributed by atoms with van der Waals surface area (Å²) in [6, 6.07) is 5.90. The SMILES string of the molecule is Cc1cc(C)cc(NC(=O)N2CCN(C(=O)c3cnn4c3CCCC4)CC2)c1. The number of nitrogens with one attached hydrogen (secondary N) is 1. The third kappa shape index (κ3) is 3.74. The van der Waals surface area contributed by atoms with Gasteiger partial charge in [-0.2, -0.15) is 5.10 Å². The van der Waals surface area contributed by atoms with Gasteiger partial charge in [0.05, 0.1) is 17.5 Å². The molecule has 0 atom stereocenters. The lowest BCUT2D eigenvalue weighted by atomic mass is 10.1. The van der Waals surface area contributed by atoms with Crippen LogP contribution in [0.1, 0.15) is 40.0 Å². The van der Waals surface area contributed by atoms with Gasteiger partial charge >= 0.3 is 6.03 Å². The molecule has 0 unspecified atom stereocenters. The first-order valence-electron chi connectivity index (χ1n) is 9.99. The monoisotopic (exact) mass is 381 g/mol. The van der Waals surface area contributed by atoms with Gasteiger partial charge in [-0.1, -0.05) is 6.07 Å². The van der Waals surface area contributed by atoms with Crippen molar-refractivity contribution in [3.8, 4) is 0 Å². The lowest BCUT2D eigenvalue weighted by molar-refractivity contribution is 0.0670. The topological polar surface area (TPSA) is 70.5 Å². The number of rotatable bonds is 2. The third-order valence-electron chi connectivity index (χ3n) is 5.54. The van der Waals surface area contributed by atoms with Crippen molar-refractivity contribution in [2.45, 2.75) is 39.7 Å². The van der Waals surface area contributed by atoms with Gasteiger partial charge in [-0.25, -0.2) is 4.79 Å². The van der Waals surface area contributed by atoms with Crippen molar-refractivity contribution in [1.29, 1.82) is 0 Å². The molecular weight excluding hydrogens is 354 g/mol. The molecule has 1 fully saturated rings. The molecule has 28 heavy (non-hydrogen) atoms. The van der Waals surface area contributed by atoms with Crippen LogP contribution in [-0.2, 0) is 13.0 Å². The van der Waals surface area contributed by atoms with Crippen molar-refractivity contribution in [3.63, 3.8) is 0 Å². The zero-order chi connectivity index (χ0) is 19.7. The maximum absolute atomic E-state index is 12.9. The number of nitrogens with zero attached hydrogens (tertiary/aromatic N) is 4. The molecule has 2 aliphatic heterocycles. The summed E-state index contributed by atoms with van der Waals surface area (Å²) in [6.45, 7) is 7.09. The molecule has 0 aliphatic carbocycles. The molecule has 0 radical (unpaired) electrons. The number of aryl methyl sites for hydroxylation is 3. The summed E-state index contributed by atoms with van der Waals surface area (Å²) in [7, 11) is 0. The van der Waals surface area contributed by atoms with E-state index in [-0.39, 0.29) is 11.9 Å². The number of piperazine rings is 1. The van der Waals surface area contributed by atoms with Gasteiger partial charge in [0.2, 0.25) is 0 Å². The molecule has 148 valence electrons. The molecule has 0 spiro atoms. The van der Waals surface area contributed by atoms with Gasteiger partial charge in [-0.15, -0.1) is 0 Å². The van der Waals surface area contributed by atoms with Crippen molar-refractivity contribution in [2.75, 3.05) is 31.5 Å². The molecule has 7 heteroatoms. The number of carbonyl (C=O) groups is 2. The Morgan fingerprint density at radius 2 is 1.61 bits per heavy atom. The predicted molar refractivity (Wildman–Crippen MR) is 108 cm³/mol. The second-order valence-corrected chi connectivity index (χ2v) is 7.77. The van der Waals surface area contributed by atoms with E-state index in [1.54, 1.807) is 11.1 Å². The van der Waals surface area contributed by atoms with E-state index in [0.29, 0.717) is 26.2 Å². The Morgan fingerprint density at radius 3 is 2.32 bits per heavy atom. The summed E-state index contributed by atoms with van der Waals surface area (Å²) >= 11 is 0. The second-order valence-electron chi connectivity index (χ2n) is 7.77. The van der Waals surface area contributed by atoms with Gasteiger partial charge in [0.15, 0.2) is 0 Å². The van der Waals surface area contributed by atoms with Crippen molar-refractivity contribution >= 4 is 17.6 Å². The average molecular weight is 381 g/mol. The number of carbonyl (C=O) groups excluding carboxylic acids is 2. The van der Waals surface area contributed by atoms with Gasteiger partial charge in [0.25, 0.3) is 5.91 Å². The zero-order valence-electron chi connectivity index (χ0n) is 16.6. The van der Waals surface area contributed by atoms with Crippen LogP contribution >= 0.6 is 0 Å². The quantitative estimate of drug-likeness (QED) is 0.870. The van der Waals surface area contributed by atoms with E-state index in [4.69, 9.17) is 0 Å². The minimum atomic E-state index is -0.111. The fraction of sp³-hybridized carbons (Fsp3) is 0.476. The van der Waals surface area contributed by atoms with Crippen molar-refractivity contribution in [2.24, 2.45) is 0 Å². The van der Waals surface area contributed by atoms with E-state index in [1.165, 1.54) is 0 Å². The highest BCUT2D eigenvalue weighted by molar-refractivity contribution is 5.95. The van der Waals surface area contributed by atoms with Gasteiger partial charge in [-0.3, -0.25) is 9.48 Å². The fourth-order valence-electron chi connectivity index (χ4n) is 4.13. The van der Waals surface area contributed by atoms with E-state index >= 15 is 0 Å². The molecule has 3 heterocycles. The fourth-order valence-corrected chi connectivity index (χ4v) is 4.13. The van der Waals surface area contributed by atoms with Crippen molar-refractivity contribution in [1.82, 2.24) is 19.6 Å². The molecular formula is C21H27N5O2. The van der Waals surface area contributed by atoms with Gasteiger partial charge in [0, 0.05) is 38.4 Å². The minimum Gasteiger partial charge on any atom is -0.335 e. The number of anilines is 1. The smallest absolute Gasteiger partial charge is 0.321 e. The number of benzene rings is 1. The molecule has 4 rings (SSSR count). The molecule has 1 saturated heterocycles. The molecule has 7 nitrogen and oxygen atoms in total. The Morgan fingerprint density at radius 1 is 0.929 bits per heavy atom. The number of hydrogen-bond donors (Lipinski definition) is 1. The number of fused-ring (bicyclic) bond motifs is 1. The Labute approximate surface area is 165 Å². The minimum absolute atomic E-state index is 0.0394. The van der Waals surface area contributed by atoms with E-state index in [2.05, 4.69) is 16.5 Å². The Bertz CT molecular complexity index is 876. The maximum Gasteiger partial charge on any atom is 0.321 e. The summed E-state index contributed by atoms with van der Waals surface area (Å²) in [5.41, 5.74) is 4.84. The summed E-state index contributed by atoms with van der Waals surface area (Å²) in [5.74, 6) is 0.0394. The molecule has 3 amide bonds. The Hall–Kier alpha value is -2.83. The zero-order valence-corrected chi connectivity index (χ0v) is 16.6. The van der Waals surface area contributed by atoms with Gasteiger partial charge in [0.1, 0.15) is 0 Å². The van der Waals surface area contributed by atoms with E-state index < -0.39 is 0 Å². The largest absolute Gasteiger partial charge is 0.335 e. The Kier molecular flexibility index (Phi) is 5.07. The van der Waals surface area contributed by atoms with Crippen LogP contribution in [0.25, 0.3) is 0 Å². The molecule has 1 aromatic carbocycles. The number of amides is 3. The van der Waals surface area contributed by atoms with Crippen LogP contribution in [0.5, 0.6) is 0 Å². The van der Waals surface area contributed by atoms with E-state index in [1.807, 2.05) is 35.6 Å². The molecule has 1 aromatic heterocycles. The highest BCUT2D eigenvalue weighted by Crippen LogP contribution is 2.20. The molecule has 2 aromatic rings. The highest BCUT2D eigenvalue weighted by Gasteiger charge is 2.28. The van der Waals surface area contributed by atoms with E-state index in [0.717, 1.165) is 53.9 Å². The maximum atomic E-state index is 12.9. The summed E-state index contributed by atoms with van der Waals surface area (Å²) in [5, 5.41) is 7.35. The van der Waals surface area contributed by atoms with Crippen LogP contribution in [0, 0.1) is 13.8 Å². The van der Waals surface area contributed by atoms with Crippen LogP contribution in [-0.4, -0.2) is 57.7 Å². The van der Waals surface area contributed by atoms with Crippen LogP contribution < -0.4 is 5.32 Å². The normalized spacial score (nSPS) is 16.6. The number of hydrogen-bond acceptors (Lipinski definition) is 3. The predicted octanol–water partition coefficient (Wildman–Crippen LogP) is 2.83. The molecule has 0 saturated carbocycles.